The third-order valence-electron chi connectivity index (χ3n) is 2.83. The Labute approximate surface area is 116 Å². The van der Waals surface area contributed by atoms with Crippen molar-refractivity contribution < 1.29 is 13.7 Å². The van der Waals surface area contributed by atoms with Crippen LogP contribution in [0.4, 0.5) is 4.39 Å². The zero-order chi connectivity index (χ0) is 14.7. The lowest BCUT2D eigenvalue weighted by Gasteiger charge is -2.09. The van der Waals surface area contributed by atoms with E-state index in [2.05, 4.69) is 10.1 Å². The number of nitrogens with zero attached hydrogens (tertiary/aromatic N) is 2. The maximum atomic E-state index is 13.8. The van der Waals surface area contributed by atoms with Crippen LogP contribution < -0.4 is 10.5 Å². The SMILES string of the molecule is CC(C)c1noc(COc2ccc(C(C)N)cc2F)n1. The van der Waals surface area contributed by atoms with E-state index in [1.54, 1.807) is 19.1 Å². The minimum Gasteiger partial charge on any atom is -0.481 e. The highest BCUT2D eigenvalue weighted by Gasteiger charge is 2.12. The molecule has 6 heteroatoms. The fourth-order valence-corrected chi connectivity index (χ4v) is 1.62. The second-order valence-corrected chi connectivity index (χ2v) is 4.97. The molecule has 2 aromatic rings. The van der Waals surface area contributed by atoms with Crippen LogP contribution in [-0.2, 0) is 6.61 Å². The van der Waals surface area contributed by atoms with Gasteiger partial charge in [0, 0.05) is 12.0 Å². The Hall–Kier alpha value is -1.95. The van der Waals surface area contributed by atoms with Gasteiger partial charge in [-0.15, -0.1) is 0 Å². The number of benzene rings is 1. The molecule has 0 saturated heterocycles. The molecule has 108 valence electrons. The average Bonchev–Trinajstić information content (AvgIpc) is 2.86. The molecule has 1 unspecified atom stereocenters. The van der Waals surface area contributed by atoms with Gasteiger partial charge in [-0.1, -0.05) is 25.1 Å². The Morgan fingerprint density at radius 1 is 1.35 bits per heavy atom. The Balaban J connectivity index is 2.03. The van der Waals surface area contributed by atoms with E-state index in [0.29, 0.717) is 11.7 Å². The summed E-state index contributed by atoms with van der Waals surface area (Å²) in [5.74, 6) is 0.789. The molecule has 1 aromatic heterocycles. The fraction of sp³-hybridized carbons (Fsp3) is 0.429. The predicted molar refractivity (Wildman–Crippen MR) is 71.7 cm³/mol. The Morgan fingerprint density at radius 2 is 2.10 bits per heavy atom. The van der Waals surface area contributed by atoms with Gasteiger partial charge in [-0.3, -0.25) is 0 Å². The van der Waals surface area contributed by atoms with Crippen molar-refractivity contribution in [3.05, 3.63) is 41.3 Å². The second kappa shape index (κ2) is 6.00. The van der Waals surface area contributed by atoms with E-state index in [9.17, 15) is 4.39 Å². The molecule has 1 atom stereocenters. The quantitative estimate of drug-likeness (QED) is 0.910. The van der Waals surface area contributed by atoms with Gasteiger partial charge in [-0.2, -0.15) is 4.98 Å². The summed E-state index contributed by atoms with van der Waals surface area (Å²) >= 11 is 0. The lowest BCUT2D eigenvalue weighted by molar-refractivity contribution is 0.234. The number of hydrogen-bond acceptors (Lipinski definition) is 5. The van der Waals surface area contributed by atoms with Crippen molar-refractivity contribution in [3.8, 4) is 5.75 Å². The fourth-order valence-electron chi connectivity index (χ4n) is 1.62. The van der Waals surface area contributed by atoms with Gasteiger partial charge in [-0.05, 0) is 24.6 Å². The molecule has 5 nitrogen and oxygen atoms in total. The second-order valence-electron chi connectivity index (χ2n) is 4.97. The molecule has 0 aliphatic carbocycles. The first kappa shape index (κ1) is 14.5. The molecule has 20 heavy (non-hydrogen) atoms. The van der Waals surface area contributed by atoms with Crippen molar-refractivity contribution in [3.63, 3.8) is 0 Å². The minimum atomic E-state index is -0.455. The standard InChI is InChI=1S/C14H18FN3O2/c1-8(2)14-17-13(20-18-14)7-19-12-5-4-10(9(3)16)6-11(12)15/h4-6,8-9H,7,16H2,1-3H3. The van der Waals surface area contributed by atoms with Crippen LogP contribution in [0.25, 0.3) is 0 Å². The van der Waals surface area contributed by atoms with E-state index in [1.165, 1.54) is 6.07 Å². The van der Waals surface area contributed by atoms with Crippen LogP contribution in [0.1, 0.15) is 50.0 Å². The summed E-state index contributed by atoms with van der Waals surface area (Å²) in [6.45, 7) is 5.75. The van der Waals surface area contributed by atoms with E-state index in [4.69, 9.17) is 15.0 Å². The van der Waals surface area contributed by atoms with Gasteiger partial charge in [0.1, 0.15) is 0 Å². The summed E-state index contributed by atoms with van der Waals surface area (Å²) in [5.41, 5.74) is 6.41. The van der Waals surface area contributed by atoms with Crippen LogP contribution in [0, 0.1) is 5.82 Å². The molecule has 0 radical (unpaired) electrons. The van der Waals surface area contributed by atoms with Gasteiger partial charge in [0.25, 0.3) is 5.89 Å². The summed E-state index contributed by atoms with van der Waals surface area (Å²) in [5, 5.41) is 3.81. The number of nitrogens with two attached hydrogens (primary N) is 1. The molecular weight excluding hydrogens is 261 g/mol. The van der Waals surface area contributed by atoms with Crippen LogP contribution in [-0.4, -0.2) is 10.1 Å². The van der Waals surface area contributed by atoms with E-state index < -0.39 is 5.82 Å². The largest absolute Gasteiger partial charge is 0.481 e. The third-order valence-corrected chi connectivity index (χ3v) is 2.83. The van der Waals surface area contributed by atoms with Gasteiger partial charge in [0.2, 0.25) is 0 Å². The van der Waals surface area contributed by atoms with Gasteiger partial charge in [-0.25, -0.2) is 4.39 Å². The minimum absolute atomic E-state index is 0.0359. The maximum Gasteiger partial charge on any atom is 0.264 e. The molecule has 1 heterocycles. The summed E-state index contributed by atoms with van der Waals surface area (Å²) in [6, 6.07) is 4.43. The number of rotatable bonds is 5. The first-order valence-electron chi connectivity index (χ1n) is 6.47. The van der Waals surface area contributed by atoms with Crippen LogP contribution in [0.3, 0.4) is 0 Å². The molecule has 0 saturated carbocycles. The molecular formula is C14H18FN3O2. The van der Waals surface area contributed by atoms with Gasteiger partial charge in [0.05, 0.1) is 0 Å². The number of hydrogen-bond donors (Lipinski definition) is 1. The first-order valence-corrected chi connectivity index (χ1v) is 6.47. The van der Waals surface area contributed by atoms with Crippen LogP contribution in [0.2, 0.25) is 0 Å². The number of halogens is 1. The van der Waals surface area contributed by atoms with Gasteiger partial charge < -0.3 is 15.0 Å². The van der Waals surface area contributed by atoms with Crippen molar-refractivity contribution >= 4 is 0 Å². The first-order chi connectivity index (χ1) is 9.47. The predicted octanol–water partition coefficient (Wildman–Crippen LogP) is 2.93. The monoisotopic (exact) mass is 279 g/mol. The molecule has 0 amide bonds. The summed E-state index contributed by atoms with van der Waals surface area (Å²) in [6.07, 6.45) is 0. The molecule has 0 aliphatic heterocycles. The van der Waals surface area contributed by atoms with Crippen molar-refractivity contribution in [2.75, 3.05) is 0 Å². The van der Waals surface area contributed by atoms with Crippen molar-refractivity contribution in [1.82, 2.24) is 10.1 Å². The molecule has 0 fully saturated rings. The van der Waals surface area contributed by atoms with Crippen LogP contribution in [0.15, 0.2) is 22.7 Å². The van der Waals surface area contributed by atoms with Crippen molar-refractivity contribution in [2.45, 2.75) is 39.3 Å². The highest BCUT2D eigenvalue weighted by molar-refractivity contribution is 5.30. The molecule has 1 aromatic carbocycles. The van der Waals surface area contributed by atoms with E-state index in [-0.39, 0.29) is 24.3 Å². The average molecular weight is 279 g/mol. The van der Waals surface area contributed by atoms with Gasteiger partial charge in [0.15, 0.2) is 24.0 Å². The van der Waals surface area contributed by atoms with Gasteiger partial charge >= 0.3 is 0 Å². The molecule has 0 bridgehead atoms. The van der Waals surface area contributed by atoms with Crippen molar-refractivity contribution in [1.29, 1.82) is 0 Å². The van der Waals surface area contributed by atoms with E-state index in [0.717, 1.165) is 5.56 Å². The highest BCUT2D eigenvalue weighted by Crippen LogP contribution is 2.22. The zero-order valence-electron chi connectivity index (χ0n) is 11.8. The van der Waals surface area contributed by atoms with Crippen LogP contribution in [0.5, 0.6) is 5.75 Å². The molecule has 2 N–H and O–H groups in total. The smallest absolute Gasteiger partial charge is 0.264 e. The molecule has 2 rings (SSSR count). The normalized spacial score (nSPS) is 12.7. The Morgan fingerprint density at radius 3 is 2.65 bits per heavy atom. The van der Waals surface area contributed by atoms with E-state index >= 15 is 0 Å². The van der Waals surface area contributed by atoms with Crippen molar-refractivity contribution in [2.24, 2.45) is 5.73 Å². The van der Waals surface area contributed by atoms with Crippen LogP contribution >= 0.6 is 0 Å². The Bertz CT molecular complexity index is 582. The zero-order valence-corrected chi connectivity index (χ0v) is 11.8. The summed E-state index contributed by atoms with van der Waals surface area (Å²) < 4.78 is 24.2. The molecule has 0 aliphatic rings. The lowest BCUT2D eigenvalue weighted by Crippen LogP contribution is -2.06. The molecule has 0 spiro atoms. The maximum absolute atomic E-state index is 13.8. The Kier molecular flexibility index (Phi) is 4.34. The van der Waals surface area contributed by atoms with E-state index in [1.807, 2.05) is 13.8 Å². The highest BCUT2D eigenvalue weighted by atomic mass is 19.1. The topological polar surface area (TPSA) is 74.2 Å². The summed E-state index contributed by atoms with van der Waals surface area (Å²) in [4.78, 5) is 4.16. The summed E-state index contributed by atoms with van der Waals surface area (Å²) in [7, 11) is 0. The lowest BCUT2D eigenvalue weighted by atomic mass is 10.1. The number of ether oxygens (including phenoxy) is 1. The number of aromatic nitrogens is 2. The third kappa shape index (κ3) is 3.33.